The molecular weight excluding hydrogens is 445 g/mol. The standard InChI is InChI=1S/C27H19F3O4/c1-32-18-7-3-17(4-8-18)22-13-14-23(26(30)25(22)29)27(31)34-19-9-5-16(6-10-19)21-12-11-20(33-2)15-24(21)28/h3-15H,1-2H3. The van der Waals surface area contributed by atoms with Crippen molar-refractivity contribution < 1.29 is 32.2 Å². The molecule has 7 heteroatoms. The largest absolute Gasteiger partial charge is 0.497 e. The van der Waals surface area contributed by atoms with Crippen LogP contribution >= 0.6 is 0 Å². The lowest BCUT2D eigenvalue weighted by atomic mass is 10.0. The first-order valence-corrected chi connectivity index (χ1v) is 10.2. The van der Waals surface area contributed by atoms with E-state index in [1.54, 1.807) is 48.5 Å². The summed E-state index contributed by atoms with van der Waals surface area (Å²) >= 11 is 0. The number of ether oxygens (including phenoxy) is 3. The van der Waals surface area contributed by atoms with Crippen LogP contribution < -0.4 is 14.2 Å². The molecule has 4 aromatic rings. The Balaban J connectivity index is 1.53. The first kappa shape index (κ1) is 22.9. The summed E-state index contributed by atoms with van der Waals surface area (Å²) in [6, 6.07) is 19.3. The fourth-order valence-electron chi connectivity index (χ4n) is 3.42. The van der Waals surface area contributed by atoms with Gasteiger partial charge in [-0.1, -0.05) is 30.3 Å². The average molecular weight is 464 g/mol. The molecule has 0 spiro atoms. The molecule has 0 saturated heterocycles. The summed E-state index contributed by atoms with van der Waals surface area (Å²) < 4.78 is 58.9. The van der Waals surface area contributed by atoms with Crippen molar-refractivity contribution in [1.82, 2.24) is 0 Å². The highest BCUT2D eigenvalue weighted by molar-refractivity contribution is 5.92. The van der Waals surface area contributed by atoms with E-state index in [1.807, 2.05) is 0 Å². The fourth-order valence-corrected chi connectivity index (χ4v) is 3.42. The van der Waals surface area contributed by atoms with Gasteiger partial charge in [0.25, 0.3) is 0 Å². The summed E-state index contributed by atoms with van der Waals surface area (Å²) in [7, 11) is 2.94. The van der Waals surface area contributed by atoms with Crippen molar-refractivity contribution in [3.05, 3.63) is 102 Å². The molecule has 0 aliphatic rings. The Morgan fingerprint density at radius 3 is 1.74 bits per heavy atom. The third-order valence-electron chi connectivity index (χ3n) is 5.26. The van der Waals surface area contributed by atoms with Crippen molar-refractivity contribution in [2.75, 3.05) is 14.2 Å². The van der Waals surface area contributed by atoms with Crippen molar-refractivity contribution in [2.24, 2.45) is 0 Å². The second kappa shape index (κ2) is 9.70. The summed E-state index contributed by atoms with van der Waals surface area (Å²) in [5, 5.41) is 0. The van der Waals surface area contributed by atoms with Gasteiger partial charge in [0.2, 0.25) is 0 Å². The van der Waals surface area contributed by atoms with Gasteiger partial charge in [0.15, 0.2) is 11.6 Å². The van der Waals surface area contributed by atoms with Crippen LogP contribution in [0.25, 0.3) is 22.3 Å². The van der Waals surface area contributed by atoms with E-state index in [0.717, 1.165) is 0 Å². The third kappa shape index (κ3) is 4.59. The number of hydrogen-bond acceptors (Lipinski definition) is 4. The van der Waals surface area contributed by atoms with Crippen molar-refractivity contribution in [2.45, 2.75) is 0 Å². The first-order chi connectivity index (χ1) is 16.4. The molecule has 0 N–H and O–H groups in total. The third-order valence-corrected chi connectivity index (χ3v) is 5.26. The van der Waals surface area contributed by atoms with Crippen LogP contribution in [0.1, 0.15) is 10.4 Å². The number of methoxy groups -OCH3 is 2. The molecule has 172 valence electrons. The van der Waals surface area contributed by atoms with Gasteiger partial charge in [-0.15, -0.1) is 0 Å². The Bertz CT molecular complexity index is 1330. The van der Waals surface area contributed by atoms with E-state index in [2.05, 4.69) is 0 Å². The molecule has 0 heterocycles. The first-order valence-electron chi connectivity index (χ1n) is 10.2. The minimum Gasteiger partial charge on any atom is -0.497 e. The second-order valence-corrected chi connectivity index (χ2v) is 7.28. The van der Waals surface area contributed by atoms with Crippen molar-refractivity contribution in [3.8, 4) is 39.5 Å². The number of carbonyl (C=O) groups excluding carboxylic acids is 1. The van der Waals surface area contributed by atoms with Gasteiger partial charge in [-0.05, 0) is 53.6 Å². The van der Waals surface area contributed by atoms with Gasteiger partial charge in [-0.3, -0.25) is 0 Å². The lowest BCUT2D eigenvalue weighted by Gasteiger charge is -2.10. The van der Waals surface area contributed by atoms with E-state index in [0.29, 0.717) is 28.2 Å². The number of rotatable bonds is 6. The van der Waals surface area contributed by atoms with Crippen LogP contribution in [0.3, 0.4) is 0 Å². The number of hydrogen-bond donors (Lipinski definition) is 0. The predicted molar refractivity (Wildman–Crippen MR) is 122 cm³/mol. The van der Waals surface area contributed by atoms with Crippen LogP contribution in [0.4, 0.5) is 13.2 Å². The van der Waals surface area contributed by atoms with E-state index >= 15 is 0 Å². The zero-order valence-corrected chi connectivity index (χ0v) is 18.3. The number of benzene rings is 4. The highest BCUT2D eigenvalue weighted by Crippen LogP contribution is 2.30. The average Bonchev–Trinajstić information content (AvgIpc) is 2.86. The molecule has 0 fully saturated rings. The van der Waals surface area contributed by atoms with Gasteiger partial charge in [-0.25, -0.2) is 18.0 Å². The molecule has 0 radical (unpaired) electrons. The van der Waals surface area contributed by atoms with E-state index in [9.17, 15) is 18.0 Å². The molecule has 0 aliphatic carbocycles. The van der Waals surface area contributed by atoms with Gasteiger partial charge in [-0.2, -0.15) is 0 Å². The van der Waals surface area contributed by atoms with Gasteiger partial charge in [0.05, 0.1) is 19.8 Å². The monoisotopic (exact) mass is 464 g/mol. The van der Waals surface area contributed by atoms with Gasteiger partial charge in [0.1, 0.15) is 23.1 Å². The summed E-state index contributed by atoms with van der Waals surface area (Å²) in [4.78, 5) is 12.5. The summed E-state index contributed by atoms with van der Waals surface area (Å²) in [5.41, 5.74) is 0.767. The molecular formula is C27H19F3O4. The highest BCUT2D eigenvalue weighted by Gasteiger charge is 2.21. The predicted octanol–water partition coefficient (Wildman–Crippen LogP) is 6.67. The molecule has 0 aromatic heterocycles. The topological polar surface area (TPSA) is 44.8 Å². The summed E-state index contributed by atoms with van der Waals surface area (Å²) in [6.07, 6.45) is 0. The molecule has 0 amide bonds. The van der Waals surface area contributed by atoms with E-state index < -0.39 is 29.0 Å². The molecule has 0 atom stereocenters. The number of carbonyl (C=O) groups is 1. The molecule has 0 bridgehead atoms. The van der Waals surface area contributed by atoms with Crippen molar-refractivity contribution in [3.63, 3.8) is 0 Å². The number of halogens is 3. The summed E-state index contributed by atoms with van der Waals surface area (Å²) in [5.74, 6) is -2.94. The zero-order valence-electron chi connectivity index (χ0n) is 18.3. The van der Waals surface area contributed by atoms with Crippen LogP contribution in [-0.2, 0) is 0 Å². The van der Waals surface area contributed by atoms with Crippen LogP contribution in [-0.4, -0.2) is 20.2 Å². The maximum absolute atomic E-state index is 14.7. The van der Waals surface area contributed by atoms with Crippen LogP contribution in [0.2, 0.25) is 0 Å². The Labute approximate surface area is 194 Å². The van der Waals surface area contributed by atoms with Gasteiger partial charge in [0, 0.05) is 17.2 Å². The number of esters is 1. The van der Waals surface area contributed by atoms with Gasteiger partial charge >= 0.3 is 5.97 Å². The normalized spacial score (nSPS) is 10.6. The molecule has 4 aromatic carbocycles. The Hall–Kier alpha value is -4.26. The SMILES string of the molecule is COc1ccc(-c2ccc(C(=O)Oc3ccc(-c4ccc(OC)cc4F)cc3)c(F)c2F)cc1. The van der Waals surface area contributed by atoms with Gasteiger partial charge < -0.3 is 14.2 Å². The Kier molecular flexibility index (Phi) is 6.54. The van der Waals surface area contributed by atoms with Crippen LogP contribution in [0.15, 0.2) is 78.9 Å². The zero-order chi connectivity index (χ0) is 24.2. The molecule has 4 rings (SSSR count). The fraction of sp³-hybridized carbons (Fsp3) is 0.0741. The molecule has 34 heavy (non-hydrogen) atoms. The maximum atomic E-state index is 14.7. The minimum atomic E-state index is -1.31. The lowest BCUT2D eigenvalue weighted by Crippen LogP contribution is -2.12. The van der Waals surface area contributed by atoms with Crippen LogP contribution in [0.5, 0.6) is 17.2 Å². The maximum Gasteiger partial charge on any atom is 0.346 e. The summed E-state index contributed by atoms with van der Waals surface area (Å²) in [6.45, 7) is 0. The van der Waals surface area contributed by atoms with E-state index in [4.69, 9.17) is 14.2 Å². The van der Waals surface area contributed by atoms with E-state index in [-0.39, 0.29) is 11.3 Å². The smallest absolute Gasteiger partial charge is 0.346 e. The van der Waals surface area contributed by atoms with Crippen LogP contribution in [0, 0.1) is 17.5 Å². The highest BCUT2D eigenvalue weighted by atomic mass is 19.2. The lowest BCUT2D eigenvalue weighted by molar-refractivity contribution is 0.0728. The Morgan fingerprint density at radius 1 is 0.618 bits per heavy atom. The van der Waals surface area contributed by atoms with Crippen molar-refractivity contribution >= 4 is 5.97 Å². The second-order valence-electron chi connectivity index (χ2n) is 7.28. The minimum absolute atomic E-state index is 0.00238. The quantitative estimate of drug-likeness (QED) is 0.236. The van der Waals surface area contributed by atoms with Crippen molar-refractivity contribution in [1.29, 1.82) is 0 Å². The molecule has 0 aliphatic heterocycles. The Morgan fingerprint density at radius 2 is 1.15 bits per heavy atom. The van der Waals surface area contributed by atoms with E-state index in [1.165, 1.54) is 44.6 Å². The molecule has 4 nitrogen and oxygen atoms in total. The molecule has 0 unspecified atom stereocenters. The molecule has 0 saturated carbocycles.